The standard InChI is InChI=1S/C12H19ClN2O/c1-3-12(4-2,9-16)8-15-10-5-6-14-11(13)7-10/h5-7,16H,3-4,8-9H2,1-2H3,(H,14,15). The number of hydrogen-bond donors (Lipinski definition) is 2. The van der Waals surface area contributed by atoms with Gasteiger partial charge >= 0.3 is 0 Å². The molecule has 0 amide bonds. The Labute approximate surface area is 102 Å². The first kappa shape index (κ1) is 13.3. The van der Waals surface area contributed by atoms with E-state index in [4.69, 9.17) is 11.6 Å². The van der Waals surface area contributed by atoms with Gasteiger partial charge in [0.05, 0.1) is 6.61 Å². The number of pyridine rings is 1. The van der Waals surface area contributed by atoms with Gasteiger partial charge < -0.3 is 10.4 Å². The second kappa shape index (κ2) is 6.06. The van der Waals surface area contributed by atoms with E-state index in [2.05, 4.69) is 24.1 Å². The number of halogens is 1. The first-order valence-electron chi connectivity index (χ1n) is 5.62. The van der Waals surface area contributed by atoms with E-state index in [0.717, 1.165) is 25.1 Å². The van der Waals surface area contributed by atoms with E-state index in [1.807, 2.05) is 6.07 Å². The van der Waals surface area contributed by atoms with Gasteiger partial charge in [0, 0.05) is 23.8 Å². The lowest BCUT2D eigenvalue weighted by Gasteiger charge is -2.30. The number of aliphatic hydroxyl groups excluding tert-OH is 1. The molecule has 0 saturated carbocycles. The van der Waals surface area contributed by atoms with Crippen LogP contribution in [0.3, 0.4) is 0 Å². The van der Waals surface area contributed by atoms with E-state index in [-0.39, 0.29) is 12.0 Å². The highest BCUT2D eigenvalue weighted by Gasteiger charge is 2.24. The zero-order chi connectivity index (χ0) is 12.0. The lowest BCUT2D eigenvalue weighted by Crippen LogP contribution is -2.32. The predicted molar refractivity (Wildman–Crippen MR) is 67.8 cm³/mol. The van der Waals surface area contributed by atoms with Gasteiger partial charge in [-0.2, -0.15) is 0 Å². The second-order valence-corrected chi connectivity index (χ2v) is 4.47. The minimum absolute atomic E-state index is 0.0459. The molecule has 4 heteroatoms. The molecule has 0 aliphatic rings. The second-order valence-electron chi connectivity index (χ2n) is 4.09. The van der Waals surface area contributed by atoms with E-state index in [9.17, 15) is 5.11 Å². The Bertz CT molecular complexity index is 318. The van der Waals surface area contributed by atoms with E-state index >= 15 is 0 Å². The van der Waals surface area contributed by atoms with Crippen LogP contribution in [0.1, 0.15) is 26.7 Å². The fourth-order valence-electron chi connectivity index (χ4n) is 1.58. The fourth-order valence-corrected chi connectivity index (χ4v) is 1.76. The zero-order valence-corrected chi connectivity index (χ0v) is 10.6. The number of nitrogens with zero attached hydrogens (tertiary/aromatic N) is 1. The number of hydrogen-bond acceptors (Lipinski definition) is 3. The quantitative estimate of drug-likeness (QED) is 0.754. The number of nitrogens with one attached hydrogen (secondary N) is 1. The maximum atomic E-state index is 9.43. The molecule has 90 valence electrons. The molecule has 1 aromatic rings. The number of aromatic nitrogens is 1. The van der Waals surface area contributed by atoms with Crippen LogP contribution in [-0.2, 0) is 0 Å². The van der Waals surface area contributed by atoms with Crippen molar-refractivity contribution in [1.29, 1.82) is 0 Å². The van der Waals surface area contributed by atoms with Gasteiger partial charge in [0.2, 0.25) is 0 Å². The molecule has 2 N–H and O–H groups in total. The van der Waals surface area contributed by atoms with E-state index in [1.165, 1.54) is 0 Å². The van der Waals surface area contributed by atoms with Crippen LogP contribution in [0.2, 0.25) is 5.15 Å². The highest BCUT2D eigenvalue weighted by molar-refractivity contribution is 6.29. The summed E-state index contributed by atoms with van der Waals surface area (Å²) in [6, 6.07) is 3.66. The molecule has 0 aromatic carbocycles. The third-order valence-corrected chi connectivity index (χ3v) is 3.44. The van der Waals surface area contributed by atoms with Crippen molar-refractivity contribution in [2.24, 2.45) is 5.41 Å². The molecule has 16 heavy (non-hydrogen) atoms. The Morgan fingerprint density at radius 3 is 2.62 bits per heavy atom. The Morgan fingerprint density at radius 2 is 2.12 bits per heavy atom. The van der Waals surface area contributed by atoms with Crippen molar-refractivity contribution in [3.05, 3.63) is 23.5 Å². The van der Waals surface area contributed by atoms with Gasteiger partial charge in [0.25, 0.3) is 0 Å². The molecular weight excluding hydrogens is 224 g/mol. The minimum Gasteiger partial charge on any atom is -0.396 e. The summed E-state index contributed by atoms with van der Waals surface area (Å²) < 4.78 is 0. The highest BCUT2D eigenvalue weighted by Crippen LogP contribution is 2.26. The summed E-state index contributed by atoms with van der Waals surface area (Å²) in [5.41, 5.74) is 0.898. The number of rotatable bonds is 6. The van der Waals surface area contributed by atoms with Gasteiger partial charge in [-0.25, -0.2) is 4.98 Å². The first-order valence-corrected chi connectivity index (χ1v) is 6.00. The SMILES string of the molecule is CCC(CC)(CO)CNc1ccnc(Cl)c1. The van der Waals surface area contributed by atoms with Crippen LogP contribution in [0.25, 0.3) is 0 Å². The van der Waals surface area contributed by atoms with E-state index < -0.39 is 0 Å². The smallest absolute Gasteiger partial charge is 0.131 e. The summed E-state index contributed by atoms with van der Waals surface area (Å²) in [5, 5.41) is 13.2. The number of aliphatic hydroxyl groups is 1. The molecule has 0 bridgehead atoms. The van der Waals surface area contributed by atoms with Crippen molar-refractivity contribution >= 4 is 17.3 Å². The third kappa shape index (κ3) is 3.35. The molecule has 0 radical (unpaired) electrons. The van der Waals surface area contributed by atoms with E-state index in [0.29, 0.717) is 5.15 Å². The van der Waals surface area contributed by atoms with E-state index in [1.54, 1.807) is 12.3 Å². The highest BCUT2D eigenvalue weighted by atomic mass is 35.5. The Kier molecular flexibility index (Phi) is 5.03. The summed E-state index contributed by atoms with van der Waals surface area (Å²) in [5.74, 6) is 0. The van der Waals surface area contributed by atoms with Crippen LogP contribution in [0.4, 0.5) is 5.69 Å². The van der Waals surface area contributed by atoms with Crippen molar-refractivity contribution in [3.8, 4) is 0 Å². The summed E-state index contributed by atoms with van der Waals surface area (Å²) in [4.78, 5) is 3.92. The van der Waals surface area contributed by atoms with Crippen molar-refractivity contribution < 1.29 is 5.11 Å². The molecule has 1 heterocycles. The lowest BCUT2D eigenvalue weighted by molar-refractivity contribution is 0.127. The van der Waals surface area contributed by atoms with Crippen LogP contribution in [0, 0.1) is 5.41 Å². The van der Waals surface area contributed by atoms with Crippen molar-refractivity contribution in [1.82, 2.24) is 4.98 Å². The van der Waals surface area contributed by atoms with Crippen molar-refractivity contribution in [2.45, 2.75) is 26.7 Å². The molecular formula is C12H19ClN2O. The Hall–Kier alpha value is -0.800. The average Bonchev–Trinajstić information content (AvgIpc) is 2.32. The zero-order valence-electron chi connectivity index (χ0n) is 9.83. The molecule has 1 aromatic heterocycles. The van der Waals surface area contributed by atoms with Crippen LogP contribution in [-0.4, -0.2) is 23.2 Å². The van der Waals surface area contributed by atoms with Gasteiger partial charge in [0.15, 0.2) is 0 Å². The largest absolute Gasteiger partial charge is 0.396 e. The van der Waals surface area contributed by atoms with Crippen LogP contribution < -0.4 is 5.32 Å². The molecule has 0 fully saturated rings. The predicted octanol–water partition coefficient (Wildman–Crippen LogP) is 2.95. The third-order valence-electron chi connectivity index (χ3n) is 3.23. The topological polar surface area (TPSA) is 45.1 Å². The molecule has 3 nitrogen and oxygen atoms in total. The van der Waals surface area contributed by atoms with Crippen LogP contribution >= 0.6 is 11.6 Å². The van der Waals surface area contributed by atoms with Crippen molar-refractivity contribution in [3.63, 3.8) is 0 Å². The lowest BCUT2D eigenvalue weighted by atomic mass is 9.83. The normalized spacial score (nSPS) is 11.5. The fraction of sp³-hybridized carbons (Fsp3) is 0.583. The first-order chi connectivity index (χ1) is 7.65. The summed E-state index contributed by atoms with van der Waals surface area (Å²) >= 11 is 5.80. The maximum absolute atomic E-state index is 9.43. The summed E-state index contributed by atoms with van der Waals surface area (Å²) in [6.07, 6.45) is 3.57. The van der Waals surface area contributed by atoms with Crippen molar-refractivity contribution in [2.75, 3.05) is 18.5 Å². The molecule has 1 rings (SSSR count). The Morgan fingerprint density at radius 1 is 1.44 bits per heavy atom. The average molecular weight is 243 g/mol. The van der Waals surface area contributed by atoms with Gasteiger partial charge in [-0.1, -0.05) is 25.4 Å². The molecule has 0 unspecified atom stereocenters. The molecule has 0 aliphatic heterocycles. The van der Waals surface area contributed by atoms with Gasteiger partial charge in [-0.05, 0) is 25.0 Å². The summed E-state index contributed by atoms with van der Waals surface area (Å²) in [7, 11) is 0. The number of anilines is 1. The Balaban J connectivity index is 2.62. The monoisotopic (exact) mass is 242 g/mol. The minimum atomic E-state index is -0.0459. The van der Waals surface area contributed by atoms with Gasteiger partial charge in [-0.15, -0.1) is 0 Å². The molecule has 0 spiro atoms. The van der Waals surface area contributed by atoms with Crippen LogP contribution in [0.15, 0.2) is 18.3 Å². The molecule has 0 aliphatic carbocycles. The van der Waals surface area contributed by atoms with Gasteiger partial charge in [-0.3, -0.25) is 0 Å². The summed E-state index contributed by atoms with van der Waals surface area (Å²) in [6.45, 7) is 5.14. The van der Waals surface area contributed by atoms with Gasteiger partial charge in [0.1, 0.15) is 5.15 Å². The molecule has 0 atom stereocenters. The maximum Gasteiger partial charge on any atom is 0.131 e. The van der Waals surface area contributed by atoms with Crippen LogP contribution in [0.5, 0.6) is 0 Å². The molecule has 0 saturated heterocycles.